The third-order valence-electron chi connectivity index (χ3n) is 1.76. The zero-order valence-electron chi connectivity index (χ0n) is 7.90. The molecule has 0 aromatic heterocycles. The lowest BCUT2D eigenvalue weighted by molar-refractivity contribution is 0.0693. The lowest BCUT2D eigenvalue weighted by Crippen LogP contribution is -2.03. The van der Waals surface area contributed by atoms with E-state index in [9.17, 15) is 4.79 Å². The van der Waals surface area contributed by atoms with E-state index in [1.165, 1.54) is 18.9 Å². The fourth-order valence-corrected chi connectivity index (χ4v) is 1.61. The lowest BCUT2D eigenvalue weighted by Gasteiger charge is -2.09. The zero-order valence-corrected chi connectivity index (χ0v) is 8.72. The smallest absolute Gasteiger partial charge is 0.339 e. The number of methoxy groups -OCH3 is 1. The van der Waals surface area contributed by atoms with Crippen LogP contribution in [0.5, 0.6) is 5.75 Å². The van der Waals surface area contributed by atoms with E-state index in [0.29, 0.717) is 5.69 Å². The number of nitrogen functional groups attached to an aromatic ring is 1. The minimum absolute atomic E-state index is 0.0943. The van der Waals surface area contributed by atoms with Crippen molar-refractivity contribution >= 4 is 23.4 Å². The second-order valence-electron chi connectivity index (χ2n) is 2.60. The molecule has 0 heterocycles. The molecule has 0 saturated heterocycles. The molecule has 0 fully saturated rings. The fourth-order valence-electron chi connectivity index (χ4n) is 1.13. The van der Waals surface area contributed by atoms with E-state index in [1.807, 2.05) is 6.26 Å². The molecule has 1 rings (SSSR count). The average molecular weight is 213 g/mol. The molecule has 0 radical (unpaired) electrons. The minimum Gasteiger partial charge on any atom is -0.494 e. The van der Waals surface area contributed by atoms with Gasteiger partial charge in [0.1, 0.15) is 5.56 Å². The number of ether oxygens (including phenoxy) is 1. The molecule has 1 aromatic rings. The van der Waals surface area contributed by atoms with Gasteiger partial charge >= 0.3 is 5.97 Å². The van der Waals surface area contributed by atoms with E-state index in [1.54, 1.807) is 12.1 Å². The number of carboxylic acid groups (broad SMARTS) is 1. The third-order valence-corrected chi connectivity index (χ3v) is 2.47. The largest absolute Gasteiger partial charge is 0.494 e. The molecule has 5 heteroatoms. The number of carbonyl (C=O) groups is 1. The summed E-state index contributed by atoms with van der Waals surface area (Å²) >= 11 is 1.43. The van der Waals surface area contributed by atoms with Gasteiger partial charge in [0.2, 0.25) is 0 Å². The summed E-state index contributed by atoms with van der Waals surface area (Å²) in [5.41, 5.74) is 6.08. The van der Waals surface area contributed by atoms with Crippen molar-refractivity contribution in [3.8, 4) is 5.75 Å². The molecule has 76 valence electrons. The maximum absolute atomic E-state index is 10.9. The second kappa shape index (κ2) is 4.23. The van der Waals surface area contributed by atoms with Crippen molar-refractivity contribution in [2.45, 2.75) is 4.90 Å². The van der Waals surface area contributed by atoms with Crippen LogP contribution in [0, 0.1) is 0 Å². The van der Waals surface area contributed by atoms with Gasteiger partial charge in [0.25, 0.3) is 0 Å². The molecule has 1 aromatic carbocycles. The van der Waals surface area contributed by atoms with Crippen molar-refractivity contribution in [1.82, 2.24) is 0 Å². The molecule has 0 amide bonds. The normalized spacial score (nSPS) is 9.86. The van der Waals surface area contributed by atoms with Crippen LogP contribution in [0.3, 0.4) is 0 Å². The number of nitrogens with two attached hydrogens (primary N) is 1. The first kappa shape index (κ1) is 10.7. The van der Waals surface area contributed by atoms with E-state index in [2.05, 4.69) is 0 Å². The number of carboxylic acids is 1. The molecule has 0 atom stereocenters. The van der Waals surface area contributed by atoms with Gasteiger partial charge in [-0.3, -0.25) is 0 Å². The van der Waals surface area contributed by atoms with Crippen molar-refractivity contribution in [1.29, 1.82) is 0 Å². The summed E-state index contributed by atoms with van der Waals surface area (Å²) in [6.07, 6.45) is 1.85. The number of hydrogen-bond acceptors (Lipinski definition) is 4. The first-order valence-electron chi connectivity index (χ1n) is 3.85. The highest BCUT2D eigenvalue weighted by atomic mass is 32.2. The number of thioether (sulfide) groups is 1. The molecule has 0 aliphatic carbocycles. The third kappa shape index (κ3) is 1.93. The maximum atomic E-state index is 10.9. The number of benzene rings is 1. The SMILES string of the molecule is COc1c(N)cc(SC)cc1C(=O)O. The summed E-state index contributed by atoms with van der Waals surface area (Å²) in [5.74, 6) is -0.820. The molecule has 0 bridgehead atoms. The molecular weight excluding hydrogens is 202 g/mol. The van der Waals surface area contributed by atoms with Gasteiger partial charge in [0.05, 0.1) is 12.8 Å². The van der Waals surface area contributed by atoms with Gasteiger partial charge in [-0.25, -0.2) is 4.79 Å². The molecule has 0 saturated carbocycles. The minimum atomic E-state index is -1.04. The average Bonchev–Trinajstić information content (AvgIpc) is 2.16. The van der Waals surface area contributed by atoms with Gasteiger partial charge in [0, 0.05) is 4.90 Å². The van der Waals surface area contributed by atoms with Crippen LogP contribution in [0.4, 0.5) is 5.69 Å². The quantitative estimate of drug-likeness (QED) is 0.590. The first-order chi connectivity index (χ1) is 6.60. The standard InChI is InChI=1S/C9H11NO3S/c1-13-8-6(9(11)12)3-5(14-2)4-7(8)10/h3-4H,10H2,1-2H3,(H,11,12). The molecule has 4 nitrogen and oxygen atoms in total. The molecule has 3 N–H and O–H groups in total. The summed E-state index contributed by atoms with van der Waals surface area (Å²) in [6, 6.07) is 3.23. The van der Waals surface area contributed by atoms with Crippen LogP contribution in [0.1, 0.15) is 10.4 Å². The predicted molar refractivity (Wildman–Crippen MR) is 56.1 cm³/mol. The van der Waals surface area contributed by atoms with Gasteiger partial charge in [-0.1, -0.05) is 0 Å². The molecule has 0 aliphatic heterocycles. The van der Waals surface area contributed by atoms with Gasteiger partial charge in [-0.15, -0.1) is 11.8 Å². The Morgan fingerprint density at radius 3 is 2.64 bits per heavy atom. The lowest BCUT2D eigenvalue weighted by atomic mass is 10.2. The van der Waals surface area contributed by atoms with Gasteiger partial charge in [0.15, 0.2) is 5.75 Å². The van der Waals surface area contributed by atoms with Gasteiger partial charge in [-0.05, 0) is 18.4 Å². The first-order valence-corrected chi connectivity index (χ1v) is 5.07. The Morgan fingerprint density at radius 1 is 1.57 bits per heavy atom. The Balaban J connectivity index is 3.35. The highest BCUT2D eigenvalue weighted by Crippen LogP contribution is 2.31. The summed E-state index contributed by atoms with van der Waals surface area (Å²) < 4.78 is 4.92. The number of aromatic carboxylic acids is 1. The molecular formula is C9H11NO3S. The van der Waals surface area contributed by atoms with Crippen LogP contribution in [-0.4, -0.2) is 24.4 Å². The Kier molecular flexibility index (Phi) is 3.24. The summed E-state index contributed by atoms with van der Waals surface area (Å²) in [5, 5.41) is 8.90. The number of hydrogen-bond donors (Lipinski definition) is 2. The molecule has 0 aliphatic rings. The Bertz CT molecular complexity index is 365. The zero-order chi connectivity index (χ0) is 10.7. The van der Waals surface area contributed by atoms with Crippen molar-refractivity contribution in [2.75, 3.05) is 19.1 Å². The van der Waals surface area contributed by atoms with Crippen molar-refractivity contribution in [2.24, 2.45) is 0 Å². The van der Waals surface area contributed by atoms with E-state index < -0.39 is 5.97 Å². The van der Waals surface area contributed by atoms with E-state index in [0.717, 1.165) is 4.90 Å². The van der Waals surface area contributed by atoms with Gasteiger partial charge in [-0.2, -0.15) is 0 Å². The van der Waals surface area contributed by atoms with E-state index in [-0.39, 0.29) is 11.3 Å². The topological polar surface area (TPSA) is 72.5 Å². The van der Waals surface area contributed by atoms with Crippen LogP contribution < -0.4 is 10.5 Å². The molecule has 0 spiro atoms. The van der Waals surface area contributed by atoms with Gasteiger partial charge < -0.3 is 15.6 Å². The van der Waals surface area contributed by atoms with Crippen molar-refractivity contribution in [3.63, 3.8) is 0 Å². The fraction of sp³-hybridized carbons (Fsp3) is 0.222. The van der Waals surface area contributed by atoms with Crippen LogP contribution in [0.15, 0.2) is 17.0 Å². The van der Waals surface area contributed by atoms with E-state index >= 15 is 0 Å². The van der Waals surface area contributed by atoms with Crippen LogP contribution >= 0.6 is 11.8 Å². The Hall–Kier alpha value is -1.36. The molecule has 0 unspecified atom stereocenters. The molecule has 14 heavy (non-hydrogen) atoms. The van der Waals surface area contributed by atoms with Crippen molar-refractivity contribution < 1.29 is 14.6 Å². The van der Waals surface area contributed by atoms with Crippen LogP contribution in [-0.2, 0) is 0 Å². The predicted octanol–water partition coefficient (Wildman–Crippen LogP) is 1.70. The van der Waals surface area contributed by atoms with E-state index in [4.69, 9.17) is 15.6 Å². The summed E-state index contributed by atoms with van der Waals surface area (Å²) in [7, 11) is 1.40. The van der Waals surface area contributed by atoms with Crippen LogP contribution in [0.25, 0.3) is 0 Å². The maximum Gasteiger partial charge on any atom is 0.339 e. The van der Waals surface area contributed by atoms with Crippen LogP contribution in [0.2, 0.25) is 0 Å². The Labute approximate surface area is 86.1 Å². The highest BCUT2D eigenvalue weighted by molar-refractivity contribution is 7.98. The summed E-state index contributed by atoms with van der Waals surface area (Å²) in [4.78, 5) is 11.7. The highest BCUT2D eigenvalue weighted by Gasteiger charge is 2.14. The Morgan fingerprint density at radius 2 is 2.21 bits per heavy atom. The number of rotatable bonds is 3. The number of anilines is 1. The monoisotopic (exact) mass is 213 g/mol. The second-order valence-corrected chi connectivity index (χ2v) is 3.48. The summed E-state index contributed by atoms with van der Waals surface area (Å²) in [6.45, 7) is 0. The van der Waals surface area contributed by atoms with Crippen molar-refractivity contribution in [3.05, 3.63) is 17.7 Å².